The molecule has 5 heteroatoms. The second-order valence-electron chi connectivity index (χ2n) is 5.54. The molecule has 1 aliphatic rings. The molecule has 1 unspecified atom stereocenters. The number of carbonyl (C=O) groups is 2. The lowest BCUT2D eigenvalue weighted by molar-refractivity contribution is -0.151. The molecule has 5 nitrogen and oxygen atoms in total. The molecule has 0 spiro atoms. The molecule has 0 bridgehead atoms. The van der Waals surface area contributed by atoms with Gasteiger partial charge in [-0.15, -0.1) is 0 Å². The molecule has 0 saturated carbocycles. The Hall–Kier alpha value is -2.04. The molecule has 120 valence electrons. The van der Waals surface area contributed by atoms with Crippen LogP contribution in [0.25, 0.3) is 0 Å². The first-order valence-corrected chi connectivity index (χ1v) is 7.74. The largest absolute Gasteiger partial charge is 0.484 e. The van der Waals surface area contributed by atoms with Gasteiger partial charge >= 0.3 is 5.97 Å². The van der Waals surface area contributed by atoms with Gasteiger partial charge in [0.1, 0.15) is 5.75 Å². The van der Waals surface area contributed by atoms with Crippen molar-refractivity contribution in [1.29, 1.82) is 0 Å². The number of rotatable bonds is 5. The van der Waals surface area contributed by atoms with Crippen molar-refractivity contribution in [1.82, 2.24) is 4.90 Å². The summed E-state index contributed by atoms with van der Waals surface area (Å²) in [5.74, 6) is 0.180. The Morgan fingerprint density at radius 1 is 1.36 bits per heavy atom. The minimum absolute atomic E-state index is 0.000993. The average Bonchev–Trinajstić information content (AvgIpc) is 2.53. The number of ether oxygens (including phenoxy) is 2. The zero-order valence-electron chi connectivity index (χ0n) is 13.2. The van der Waals surface area contributed by atoms with Crippen LogP contribution in [-0.4, -0.2) is 43.1 Å². The van der Waals surface area contributed by atoms with Gasteiger partial charge in [-0.05, 0) is 44.4 Å². The van der Waals surface area contributed by atoms with Crippen LogP contribution in [0.1, 0.15) is 25.3 Å². The van der Waals surface area contributed by atoms with Crippen LogP contribution in [0, 0.1) is 12.8 Å². The highest BCUT2D eigenvalue weighted by molar-refractivity contribution is 5.79. The van der Waals surface area contributed by atoms with E-state index in [4.69, 9.17) is 9.47 Å². The van der Waals surface area contributed by atoms with Gasteiger partial charge in [-0.25, -0.2) is 0 Å². The van der Waals surface area contributed by atoms with Gasteiger partial charge in [0, 0.05) is 13.1 Å². The van der Waals surface area contributed by atoms with Crippen LogP contribution in [0.5, 0.6) is 5.75 Å². The third-order valence-electron chi connectivity index (χ3n) is 3.75. The molecule has 2 rings (SSSR count). The molecule has 1 aromatic rings. The van der Waals surface area contributed by atoms with Gasteiger partial charge in [-0.1, -0.05) is 12.1 Å². The maximum atomic E-state index is 12.2. The van der Waals surface area contributed by atoms with Crippen molar-refractivity contribution in [3.8, 4) is 5.75 Å². The van der Waals surface area contributed by atoms with E-state index >= 15 is 0 Å². The van der Waals surface area contributed by atoms with Gasteiger partial charge in [0.2, 0.25) is 0 Å². The van der Waals surface area contributed by atoms with Gasteiger partial charge < -0.3 is 14.4 Å². The normalized spacial score (nSPS) is 17.9. The summed E-state index contributed by atoms with van der Waals surface area (Å²) in [6.45, 7) is 5.24. The van der Waals surface area contributed by atoms with Crippen LogP contribution in [0.15, 0.2) is 24.3 Å². The van der Waals surface area contributed by atoms with Gasteiger partial charge in [0.05, 0.1) is 12.5 Å². The van der Waals surface area contributed by atoms with Crippen molar-refractivity contribution in [3.63, 3.8) is 0 Å². The number of aryl methyl sites for hydroxylation is 1. The minimum Gasteiger partial charge on any atom is -0.484 e. The fourth-order valence-corrected chi connectivity index (χ4v) is 2.60. The van der Waals surface area contributed by atoms with Gasteiger partial charge in [0.25, 0.3) is 5.91 Å². The Bertz CT molecular complexity index is 529. The Morgan fingerprint density at radius 3 is 2.91 bits per heavy atom. The fourth-order valence-electron chi connectivity index (χ4n) is 2.60. The Kier molecular flexibility index (Phi) is 5.81. The van der Waals surface area contributed by atoms with E-state index in [1.807, 2.05) is 31.2 Å². The van der Waals surface area contributed by atoms with Crippen molar-refractivity contribution < 1.29 is 19.1 Å². The summed E-state index contributed by atoms with van der Waals surface area (Å²) in [7, 11) is 0. The van der Waals surface area contributed by atoms with Crippen molar-refractivity contribution in [2.24, 2.45) is 5.92 Å². The summed E-state index contributed by atoms with van der Waals surface area (Å²) >= 11 is 0. The lowest BCUT2D eigenvalue weighted by Crippen LogP contribution is -2.44. The third-order valence-corrected chi connectivity index (χ3v) is 3.75. The fraction of sp³-hybridized carbons (Fsp3) is 0.529. The molecule has 1 heterocycles. The van der Waals surface area contributed by atoms with Crippen molar-refractivity contribution in [2.45, 2.75) is 26.7 Å². The second-order valence-corrected chi connectivity index (χ2v) is 5.54. The summed E-state index contributed by atoms with van der Waals surface area (Å²) in [5.41, 5.74) is 1.09. The first-order valence-electron chi connectivity index (χ1n) is 7.74. The SMILES string of the molecule is CCOC(=O)C1CCCN(C(=O)COc2cccc(C)c2)C1. The molecule has 0 aliphatic carbocycles. The Labute approximate surface area is 131 Å². The highest BCUT2D eigenvalue weighted by Gasteiger charge is 2.29. The van der Waals surface area contributed by atoms with Gasteiger partial charge in [-0.3, -0.25) is 9.59 Å². The monoisotopic (exact) mass is 305 g/mol. The second kappa shape index (κ2) is 7.82. The number of hydrogen-bond donors (Lipinski definition) is 0. The Balaban J connectivity index is 1.85. The standard InChI is InChI=1S/C17H23NO4/c1-3-21-17(20)14-7-5-9-18(11-14)16(19)12-22-15-8-4-6-13(2)10-15/h4,6,8,10,14H,3,5,7,9,11-12H2,1-2H3. The van der Waals surface area contributed by atoms with Crippen molar-refractivity contribution >= 4 is 11.9 Å². The van der Waals surface area contributed by atoms with E-state index in [2.05, 4.69) is 0 Å². The summed E-state index contributed by atoms with van der Waals surface area (Å²) in [5, 5.41) is 0. The van der Waals surface area contributed by atoms with E-state index in [0.717, 1.165) is 18.4 Å². The highest BCUT2D eigenvalue weighted by Crippen LogP contribution is 2.18. The van der Waals surface area contributed by atoms with E-state index < -0.39 is 0 Å². The molecule has 1 aromatic carbocycles. The minimum atomic E-state index is -0.211. The smallest absolute Gasteiger partial charge is 0.310 e. The van der Waals surface area contributed by atoms with E-state index in [-0.39, 0.29) is 24.4 Å². The number of nitrogens with zero attached hydrogens (tertiary/aromatic N) is 1. The zero-order valence-corrected chi connectivity index (χ0v) is 13.2. The maximum absolute atomic E-state index is 12.2. The summed E-state index contributed by atoms with van der Waals surface area (Å²) in [6.07, 6.45) is 1.60. The number of piperidine rings is 1. The van der Waals surface area contributed by atoms with Crippen LogP contribution < -0.4 is 4.74 Å². The number of likely N-dealkylation sites (tertiary alicyclic amines) is 1. The lowest BCUT2D eigenvalue weighted by atomic mass is 9.98. The van der Waals surface area contributed by atoms with E-state index in [1.54, 1.807) is 11.8 Å². The lowest BCUT2D eigenvalue weighted by Gasteiger charge is -2.31. The maximum Gasteiger partial charge on any atom is 0.310 e. The number of amides is 1. The molecule has 1 aliphatic heterocycles. The van der Waals surface area contributed by atoms with E-state index in [0.29, 0.717) is 25.4 Å². The molecule has 1 amide bonds. The number of esters is 1. The van der Waals surface area contributed by atoms with Crippen LogP contribution >= 0.6 is 0 Å². The van der Waals surface area contributed by atoms with Gasteiger partial charge in [0.15, 0.2) is 6.61 Å². The number of hydrogen-bond acceptors (Lipinski definition) is 4. The molecule has 0 radical (unpaired) electrons. The van der Waals surface area contributed by atoms with Crippen LogP contribution in [0.2, 0.25) is 0 Å². The van der Waals surface area contributed by atoms with Crippen LogP contribution in [-0.2, 0) is 14.3 Å². The predicted octanol–water partition coefficient (Wildman–Crippen LogP) is 2.18. The highest BCUT2D eigenvalue weighted by atomic mass is 16.5. The molecule has 0 N–H and O–H groups in total. The molecular weight excluding hydrogens is 282 g/mol. The molecule has 0 aromatic heterocycles. The first kappa shape index (κ1) is 16.3. The van der Waals surface area contributed by atoms with E-state index in [1.165, 1.54) is 0 Å². The van der Waals surface area contributed by atoms with E-state index in [9.17, 15) is 9.59 Å². The van der Waals surface area contributed by atoms with Crippen LogP contribution in [0.4, 0.5) is 0 Å². The summed E-state index contributed by atoms with van der Waals surface area (Å²) in [4.78, 5) is 25.7. The zero-order chi connectivity index (χ0) is 15.9. The molecule has 1 fully saturated rings. The summed E-state index contributed by atoms with van der Waals surface area (Å²) < 4.78 is 10.6. The predicted molar refractivity (Wildman–Crippen MR) is 82.6 cm³/mol. The quantitative estimate of drug-likeness (QED) is 0.782. The Morgan fingerprint density at radius 2 is 2.18 bits per heavy atom. The van der Waals surface area contributed by atoms with Gasteiger partial charge in [-0.2, -0.15) is 0 Å². The van der Waals surface area contributed by atoms with Crippen LogP contribution in [0.3, 0.4) is 0 Å². The van der Waals surface area contributed by atoms with Crippen molar-refractivity contribution in [3.05, 3.63) is 29.8 Å². The molecule has 22 heavy (non-hydrogen) atoms. The molecule has 1 atom stereocenters. The third kappa shape index (κ3) is 4.48. The molecule has 1 saturated heterocycles. The average molecular weight is 305 g/mol. The number of carbonyl (C=O) groups excluding carboxylic acids is 2. The molecular formula is C17H23NO4. The number of benzene rings is 1. The topological polar surface area (TPSA) is 55.8 Å². The summed E-state index contributed by atoms with van der Waals surface area (Å²) in [6, 6.07) is 7.60. The first-order chi connectivity index (χ1) is 10.6. The van der Waals surface area contributed by atoms with Crippen molar-refractivity contribution in [2.75, 3.05) is 26.3 Å².